The Balaban J connectivity index is 1.79. The zero-order valence-corrected chi connectivity index (χ0v) is 12.1. The fourth-order valence-electron chi connectivity index (χ4n) is 4.54. The lowest BCUT2D eigenvalue weighted by Gasteiger charge is -2.44. The van der Waals surface area contributed by atoms with Gasteiger partial charge in [-0.3, -0.25) is 9.80 Å². The molecule has 2 N–H and O–H groups in total. The number of fused-ring (bicyclic) bond motifs is 2. The lowest BCUT2D eigenvalue weighted by Crippen LogP contribution is -2.57. The highest BCUT2D eigenvalue weighted by Crippen LogP contribution is 2.46. The fraction of sp³-hybridized carbons (Fsp3) is 1.00. The summed E-state index contributed by atoms with van der Waals surface area (Å²) in [5, 5.41) is 0. The summed E-state index contributed by atoms with van der Waals surface area (Å²) in [5.41, 5.74) is 6.54. The van der Waals surface area contributed by atoms with Gasteiger partial charge in [-0.1, -0.05) is 6.92 Å². The number of rotatable bonds is 4. The van der Waals surface area contributed by atoms with Crippen molar-refractivity contribution in [3.05, 3.63) is 0 Å². The van der Waals surface area contributed by atoms with E-state index in [-0.39, 0.29) is 0 Å². The van der Waals surface area contributed by atoms with Crippen molar-refractivity contribution in [2.75, 3.05) is 26.7 Å². The lowest BCUT2D eigenvalue weighted by atomic mass is 9.86. The number of hydrogen-bond donors (Lipinski definition) is 1. The van der Waals surface area contributed by atoms with Crippen LogP contribution in [-0.4, -0.2) is 54.1 Å². The summed E-state index contributed by atoms with van der Waals surface area (Å²) >= 11 is 0. The van der Waals surface area contributed by atoms with Crippen molar-refractivity contribution in [1.82, 2.24) is 9.80 Å². The molecule has 0 spiro atoms. The maximum Gasteiger partial charge on any atom is 0.0357 e. The molecule has 3 heteroatoms. The van der Waals surface area contributed by atoms with E-state index >= 15 is 0 Å². The number of nitrogens with zero attached hydrogens (tertiary/aromatic N) is 2. The molecule has 0 aromatic carbocycles. The van der Waals surface area contributed by atoms with Gasteiger partial charge in [0.2, 0.25) is 0 Å². The third-order valence-corrected chi connectivity index (χ3v) is 6.08. The minimum absolute atomic E-state index is 0.325. The second-order valence-corrected chi connectivity index (χ2v) is 6.72. The van der Waals surface area contributed by atoms with E-state index in [9.17, 15) is 0 Å². The van der Waals surface area contributed by atoms with Gasteiger partial charge in [-0.25, -0.2) is 0 Å². The Morgan fingerprint density at radius 3 is 2.44 bits per heavy atom. The van der Waals surface area contributed by atoms with Crippen molar-refractivity contribution in [2.24, 2.45) is 11.7 Å². The molecule has 2 bridgehead atoms. The highest BCUT2D eigenvalue weighted by molar-refractivity contribution is 5.05. The van der Waals surface area contributed by atoms with Crippen LogP contribution in [0.25, 0.3) is 0 Å². The Morgan fingerprint density at radius 2 is 1.83 bits per heavy atom. The zero-order chi connectivity index (χ0) is 12.8. The molecule has 1 saturated carbocycles. The molecule has 2 aliphatic heterocycles. The van der Waals surface area contributed by atoms with E-state index in [2.05, 4.69) is 23.8 Å². The van der Waals surface area contributed by atoms with Crippen LogP contribution in [0.2, 0.25) is 0 Å². The number of likely N-dealkylation sites (N-methyl/N-ethyl adjacent to an activating group) is 1. The van der Waals surface area contributed by atoms with E-state index in [0.29, 0.717) is 5.54 Å². The molecule has 3 fully saturated rings. The zero-order valence-electron chi connectivity index (χ0n) is 12.1. The van der Waals surface area contributed by atoms with Crippen LogP contribution in [-0.2, 0) is 0 Å². The van der Waals surface area contributed by atoms with Gasteiger partial charge in [0.15, 0.2) is 0 Å². The van der Waals surface area contributed by atoms with Crippen LogP contribution in [0.3, 0.4) is 0 Å². The van der Waals surface area contributed by atoms with Crippen LogP contribution in [0.1, 0.15) is 45.4 Å². The minimum Gasteiger partial charge on any atom is -0.329 e. The van der Waals surface area contributed by atoms with Gasteiger partial charge in [-0.2, -0.15) is 0 Å². The highest BCUT2D eigenvalue weighted by atomic mass is 15.3. The third kappa shape index (κ3) is 1.91. The molecule has 0 radical (unpaired) electrons. The molecule has 3 nitrogen and oxygen atoms in total. The van der Waals surface area contributed by atoms with Crippen LogP contribution in [0.15, 0.2) is 0 Å². The van der Waals surface area contributed by atoms with Gasteiger partial charge in [-0.15, -0.1) is 0 Å². The standard InChI is InChI=1S/C15H29N3/c1-3-15(11-16,12-4-5-12)18-9-8-13-6-7-14(10-18)17(13)2/h12-14H,3-11,16H2,1-2H3. The summed E-state index contributed by atoms with van der Waals surface area (Å²) in [5.74, 6) is 0.884. The lowest BCUT2D eigenvalue weighted by molar-refractivity contribution is 0.0589. The molecule has 0 amide bonds. The van der Waals surface area contributed by atoms with E-state index in [1.165, 1.54) is 51.6 Å². The fourth-order valence-corrected chi connectivity index (χ4v) is 4.54. The maximum absolute atomic E-state index is 6.22. The normalized spacial score (nSPS) is 37.5. The molecular formula is C15H29N3. The van der Waals surface area contributed by atoms with Gasteiger partial charge in [0, 0.05) is 37.3 Å². The molecule has 3 atom stereocenters. The molecule has 0 aromatic heterocycles. The number of likely N-dealkylation sites (tertiary alicyclic amines) is 1. The average Bonchev–Trinajstić information content (AvgIpc) is 3.14. The van der Waals surface area contributed by atoms with Crippen molar-refractivity contribution in [1.29, 1.82) is 0 Å². The third-order valence-electron chi connectivity index (χ3n) is 6.08. The summed E-state index contributed by atoms with van der Waals surface area (Å²) in [7, 11) is 2.33. The van der Waals surface area contributed by atoms with Crippen LogP contribution >= 0.6 is 0 Å². The molecule has 3 unspecified atom stereocenters. The summed E-state index contributed by atoms with van der Waals surface area (Å²) in [4.78, 5) is 5.43. The van der Waals surface area contributed by atoms with Crippen molar-refractivity contribution in [3.8, 4) is 0 Å². The SMILES string of the molecule is CCC(CN)(C1CC1)N1CCC2CCC(C1)N2C. The predicted octanol–water partition coefficient (Wildman–Crippen LogP) is 1.67. The van der Waals surface area contributed by atoms with Crippen molar-refractivity contribution in [3.63, 3.8) is 0 Å². The summed E-state index contributed by atoms with van der Waals surface area (Å²) in [6.45, 7) is 5.73. The van der Waals surface area contributed by atoms with Crippen molar-refractivity contribution >= 4 is 0 Å². The Labute approximate surface area is 112 Å². The first-order valence-electron chi connectivity index (χ1n) is 7.88. The smallest absolute Gasteiger partial charge is 0.0357 e. The van der Waals surface area contributed by atoms with Gasteiger partial charge >= 0.3 is 0 Å². The first kappa shape index (κ1) is 12.9. The second-order valence-electron chi connectivity index (χ2n) is 6.72. The quantitative estimate of drug-likeness (QED) is 0.825. The van der Waals surface area contributed by atoms with Crippen LogP contribution in [0, 0.1) is 5.92 Å². The van der Waals surface area contributed by atoms with E-state index in [0.717, 1.165) is 24.5 Å². The summed E-state index contributed by atoms with van der Waals surface area (Å²) < 4.78 is 0. The number of hydrogen-bond acceptors (Lipinski definition) is 3. The topological polar surface area (TPSA) is 32.5 Å². The first-order chi connectivity index (χ1) is 8.71. The average molecular weight is 251 g/mol. The van der Waals surface area contributed by atoms with E-state index in [1.807, 2.05) is 0 Å². The second kappa shape index (κ2) is 4.77. The van der Waals surface area contributed by atoms with E-state index in [4.69, 9.17) is 5.73 Å². The van der Waals surface area contributed by atoms with Crippen molar-refractivity contribution < 1.29 is 0 Å². The molecule has 18 heavy (non-hydrogen) atoms. The summed E-state index contributed by atoms with van der Waals surface area (Å²) in [6, 6.07) is 1.63. The van der Waals surface area contributed by atoms with Crippen LogP contribution < -0.4 is 5.73 Å². The largest absolute Gasteiger partial charge is 0.329 e. The van der Waals surface area contributed by atoms with Gasteiger partial charge in [-0.05, 0) is 51.5 Å². The van der Waals surface area contributed by atoms with E-state index in [1.54, 1.807) is 0 Å². The Morgan fingerprint density at radius 1 is 1.11 bits per heavy atom. The van der Waals surface area contributed by atoms with Gasteiger partial charge in [0.25, 0.3) is 0 Å². The van der Waals surface area contributed by atoms with Crippen LogP contribution in [0.5, 0.6) is 0 Å². The van der Waals surface area contributed by atoms with E-state index < -0.39 is 0 Å². The van der Waals surface area contributed by atoms with Crippen molar-refractivity contribution in [2.45, 2.75) is 63.1 Å². The van der Waals surface area contributed by atoms with Gasteiger partial charge < -0.3 is 5.73 Å². The highest BCUT2D eigenvalue weighted by Gasteiger charge is 2.49. The molecule has 3 rings (SSSR count). The molecule has 3 aliphatic rings. The molecule has 2 saturated heterocycles. The molecular weight excluding hydrogens is 222 g/mol. The monoisotopic (exact) mass is 251 g/mol. The minimum atomic E-state index is 0.325. The summed E-state index contributed by atoms with van der Waals surface area (Å²) in [6.07, 6.45) is 8.21. The molecule has 104 valence electrons. The molecule has 2 heterocycles. The Kier molecular flexibility index (Phi) is 3.41. The van der Waals surface area contributed by atoms with Gasteiger partial charge in [0.05, 0.1) is 0 Å². The number of nitrogens with two attached hydrogens (primary N) is 1. The van der Waals surface area contributed by atoms with Crippen LogP contribution in [0.4, 0.5) is 0 Å². The van der Waals surface area contributed by atoms with Gasteiger partial charge in [0.1, 0.15) is 0 Å². The Bertz CT molecular complexity index is 296. The predicted molar refractivity (Wildman–Crippen MR) is 75.6 cm³/mol. The molecule has 0 aromatic rings. The maximum atomic E-state index is 6.22. The molecule has 1 aliphatic carbocycles. The Hall–Kier alpha value is -0.120. The first-order valence-corrected chi connectivity index (χ1v) is 7.88.